The van der Waals surface area contributed by atoms with Crippen molar-refractivity contribution in [2.24, 2.45) is 5.92 Å². The van der Waals surface area contributed by atoms with Crippen LogP contribution in [0.3, 0.4) is 0 Å². The molecule has 1 saturated carbocycles. The largest absolute Gasteiger partial charge is 0.466 e. The first-order chi connectivity index (χ1) is 10.5. The second-order valence-corrected chi connectivity index (χ2v) is 6.12. The summed E-state index contributed by atoms with van der Waals surface area (Å²) in [4.78, 5) is 24.1. The monoisotopic (exact) mass is 307 g/mol. The lowest BCUT2D eigenvalue weighted by Crippen LogP contribution is -2.38. The van der Waals surface area contributed by atoms with Crippen LogP contribution in [-0.2, 0) is 9.53 Å². The third-order valence-corrected chi connectivity index (χ3v) is 4.20. The molecular formula is C17H25NO4. The Kier molecular flexibility index (Phi) is 5.63. The van der Waals surface area contributed by atoms with E-state index in [-0.39, 0.29) is 5.91 Å². The van der Waals surface area contributed by atoms with E-state index in [1.165, 1.54) is 32.1 Å². The third-order valence-electron chi connectivity index (χ3n) is 4.20. The van der Waals surface area contributed by atoms with E-state index in [9.17, 15) is 9.59 Å². The Morgan fingerprint density at radius 2 is 2.00 bits per heavy atom. The second-order valence-electron chi connectivity index (χ2n) is 6.12. The van der Waals surface area contributed by atoms with Gasteiger partial charge in [0.05, 0.1) is 0 Å². The van der Waals surface area contributed by atoms with Crippen molar-refractivity contribution in [3.8, 4) is 0 Å². The number of hydrogen-bond acceptors (Lipinski definition) is 4. The molecule has 0 unspecified atom stereocenters. The number of carbonyl (C=O) groups excluding carboxylic acids is 2. The highest BCUT2D eigenvalue weighted by molar-refractivity contribution is 5.93. The highest BCUT2D eigenvalue weighted by atomic mass is 16.5. The van der Waals surface area contributed by atoms with Gasteiger partial charge in [-0.2, -0.15) is 0 Å². The number of carbonyl (C=O) groups is 2. The summed E-state index contributed by atoms with van der Waals surface area (Å²) in [6.07, 6.45) is 5.31. The fourth-order valence-corrected chi connectivity index (χ4v) is 2.89. The Hall–Kier alpha value is -1.78. The fraction of sp³-hybridized carbons (Fsp3) is 0.647. The van der Waals surface area contributed by atoms with E-state index in [1.54, 1.807) is 26.8 Å². The van der Waals surface area contributed by atoms with Gasteiger partial charge >= 0.3 is 5.97 Å². The van der Waals surface area contributed by atoms with Gasteiger partial charge < -0.3 is 14.5 Å². The van der Waals surface area contributed by atoms with Crippen LogP contribution in [0.1, 0.15) is 60.9 Å². The highest BCUT2D eigenvalue weighted by Gasteiger charge is 2.22. The standard InChI is InChI=1S/C17H25NO4/c1-11-9-15(12(2)21-11)17(20)22-13(3)16(19)18-10-14-7-5-4-6-8-14/h9,13-14H,4-8,10H2,1-3H3,(H,18,19)/t13-/m0/s1. The van der Waals surface area contributed by atoms with Gasteiger partial charge in [-0.1, -0.05) is 19.3 Å². The van der Waals surface area contributed by atoms with Crippen molar-refractivity contribution in [3.05, 3.63) is 23.2 Å². The molecule has 1 aromatic heterocycles. The molecule has 5 heteroatoms. The predicted molar refractivity (Wildman–Crippen MR) is 82.6 cm³/mol. The van der Waals surface area contributed by atoms with Crippen molar-refractivity contribution >= 4 is 11.9 Å². The maximum Gasteiger partial charge on any atom is 0.342 e. The first kappa shape index (κ1) is 16.6. The van der Waals surface area contributed by atoms with Crippen LogP contribution >= 0.6 is 0 Å². The molecule has 1 heterocycles. The zero-order valence-corrected chi connectivity index (χ0v) is 13.6. The topological polar surface area (TPSA) is 68.5 Å². The molecule has 0 radical (unpaired) electrons. The average Bonchev–Trinajstić information content (AvgIpc) is 2.84. The van der Waals surface area contributed by atoms with E-state index < -0.39 is 12.1 Å². The number of amides is 1. The molecule has 1 fully saturated rings. The SMILES string of the molecule is Cc1cc(C(=O)O[C@@H](C)C(=O)NCC2CCCCC2)c(C)o1. The van der Waals surface area contributed by atoms with Crippen molar-refractivity contribution in [1.82, 2.24) is 5.32 Å². The molecule has 1 N–H and O–H groups in total. The van der Waals surface area contributed by atoms with Crippen LogP contribution in [0.5, 0.6) is 0 Å². The fourth-order valence-electron chi connectivity index (χ4n) is 2.89. The highest BCUT2D eigenvalue weighted by Crippen LogP contribution is 2.22. The molecule has 1 aliphatic carbocycles. The van der Waals surface area contributed by atoms with Gasteiger partial charge in [-0.25, -0.2) is 4.79 Å². The molecule has 0 aromatic carbocycles. The average molecular weight is 307 g/mol. The van der Waals surface area contributed by atoms with Gasteiger partial charge in [0.2, 0.25) is 0 Å². The molecule has 0 spiro atoms. The summed E-state index contributed by atoms with van der Waals surface area (Å²) in [7, 11) is 0. The van der Waals surface area contributed by atoms with Crippen LogP contribution in [-0.4, -0.2) is 24.5 Å². The molecule has 5 nitrogen and oxygen atoms in total. The normalized spacial score (nSPS) is 17.0. The second kappa shape index (κ2) is 7.47. The van der Waals surface area contributed by atoms with E-state index >= 15 is 0 Å². The number of furan rings is 1. The quantitative estimate of drug-likeness (QED) is 0.849. The Morgan fingerprint density at radius 1 is 1.32 bits per heavy atom. The number of aryl methyl sites for hydroxylation is 2. The van der Waals surface area contributed by atoms with E-state index in [2.05, 4.69) is 5.32 Å². The minimum absolute atomic E-state index is 0.239. The molecule has 0 saturated heterocycles. The van der Waals surface area contributed by atoms with Gasteiger partial charge in [0.25, 0.3) is 5.91 Å². The zero-order valence-electron chi connectivity index (χ0n) is 13.6. The van der Waals surface area contributed by atoms with Crippen molar-refractivity contribution < 1.29 is 18.7 Å². The summed E-state index contributed by atoms with van der Waals surface area (Å²) < 4.78 is 10.5. The molecular weight excluding hydrogens is 282 g/mol. The molecule has 0 bridgehead atoms. The van der Waals surface area contributed by atoms with Crippen LogP contribution in [0, 0.1) is 19.8 Å². The molecule has 1 amide bonds. The van der Waals surface area contributed by atoms with Gasteiger partial charge in [-0.05, 0) is 45.6 Å². The number of ether oxygens (including phenoxy) is 1. The molecule has 2 rings (SSSR count). The summed E-state index contributed by atoms with van der Waals surface area (Å²) in [5.74, 6) is 0.960. The minimum atomic E-state index is -0.800. The Bertz CT molecular complexity index is 529. The lowest BCUT2D eigenvalue weighted by atomic mass is 9.89. The van der Waals surface area contributed by atoms with Crippen molar-refractivity contribution in [1.29, 1.82) is 0 Å². The number of rotatable bonds is 5. The van der Waals surface area contributed by atoms with Crippen molar-refractivity contribution in [2.45, 2.75) is 59.0 Å². The third kappa shape index (κ3) is 4.36. The number of nitrogens with one attached hydrogen (secondary N) is 1. The van der Waals surface area contributed by atoms with Crippen LogP contribution in [0.2, 0.25) is 0 Å². The summed E-state index contributed by atoms with van der Waals surface area (Å²) >= 11 is 0. The van der Waals surface area contributed by atoms with E-state index in [4.69, 9.17) is 9.15 Å². The van der Waals surface area contributed by atoms with Gasteiger partial charge in [0.15, 0.2) is 6.10 Å². The summed E-state index contributed by atoms with van der Waals surface area (Å²) in [6, 6.07) is 1.63. The first-order valence-corrected chi connectivity index (χ1v) is 8.03. The van der Waals surface area contributed by atoms with Gasteiger partial charge in [-0.15, -0.1) is 0 Å². The van der Waals surface area contributed by atoms with Gasteiger partial charge in [0.1, 0.15) is 17.1 Å². The predicted octanol–water partition coefficient (Wildman–Crippen LogP) is 3.14. The lowest BCUT2D eigenvalue weighted by molar-refractivity contribution is -0.129. The van der Waals surface area contributed by atoms with Crippen LogP contribution < -0.4 is 5.32 Å². The summed E-state index contributed by atoms with van der Waals surface area (Å²) in [5.41, 5.74) is 0.379. The lowest BCUT2D eigenvalue weighted by Gasteiger charge is -2.22. The molecule has 1 aliphatic rings. The Labute approximate surface area is 131 Å². The summed E-state index contributed by atoms with van der Waals surface area (Å²) in [5, 5.41) is 2.89. The summed E-state index contributed by atoms with van der Waals surface area (Å²) in [6.45, 7) is 5.74. The first-order valence-electron chi connectivity index (χ1n) is 8.03. The Balaban J connectivity index is 1.80. The smallest absolute Gasteiger partial charge is 0.342 e. The van der Waals surface area contributed by atoms with E-state index in [1.807, 2.05) is 0 Å². The molecule has 122 valence electrons. The van der Waals surface area contributed by atoms with Crippen LogP contribution in [0.15, 0.2) is 10.5 Å². The van der Waals surface area contributed by atoms with Crippen molar-refractivity contribution in [2.75, 3.05) is 6.54 Å². The molecule has 22 heavy (non-hydrogen) atoms. The van der Waals surface area contributed by atoms with Crippen molar-refractivity contribution in [3.63, 3.8) is 0 Å². The molecule has 0 aliphatic heterocycles. The molecule has 1 aromatic rings. The zero-order chi connectivity index (χ0) is 16.1. The maximum atomic E-state index is 12.0. The van der Waals surface area contributed by atoms with Gasteiger partial charge in [0, 0.05) is 6.54 Å². The maximum absolute atomic E-state index is 12.0. The van der Waals surface area contributed by atoms with Gasteiger partial charge in [-0.3, -0.25) is 4.79 Å². The minimum Gasteiger partial charge on any atom is -0.466 e. The van der Waals surface area contributed by atoms with E-state index in [0.717, 1.165) is 0 Å². The van der Waals surface area contributed by atoms with Crippen LogP contribution in [0.4, 0.5) is 0 Å². The molecule has 1 atom stereocenters. The Morgan fingerprint density at radius 3 is 2.59 bits per heavy atom. The van der Waals surface area contributed by atoms with Crippen LogP contribution in [0.25, 0.3) is 0 Å². The number of hydrogen-bond donors (Lipinski definition) is 1. The van der Waals surface area contributed by atoms with E-state index in [0.29, 0.717) is 29.5 Å². The number of esters is 1.